The molecule has 3 aliphatic heterocycles. The van der Waals surface area contributed by atoms with E-state index < -0.39 is 12.1 Å². The van der Waals surface area contributed by atoms with Gasteiger partial charge in [-0.25, -0.2) is 0 Å². The maximum absolute atomic E-state index is 12.8. The highest BCUT2D eigenvalue weighted by atomic mass is 16.3. The number of aliphatic imine (C=N–C) groups is 1. The lowest BCUT2D eigenvalue weighted by atomic mass is 10.0. The quantitative estimate of drug-likeness (QED) is 0.547. The molecule has 3 aliphatic rings. The van der Waals surface area contributed by atoms with E-state index >= 15 is 0 Å². The van der Waals surface area contributed by atoms with Gasteiger partial charge < -0.3 is 26.0 Å². The van der Waals surface area contributed by atoms with Gasteiger partial charge in [0.2, 0.25) is 11.8 Å². The van der Waals surface area contributed by atoms with Gasteiger partial charge >= 0.3 is 0 Å². The maximum atomic E-state index is 12.8. The first-order valence-electron chi connectivity index (χ1n) is 10.5. The van der Waals surface area contributed by atoms with Gasteiger partial charge in [0.25, 0.3) is 0 Å². The lowest BCUT2D eigenvalue weighted by Gasteiger charge is -2.30. The van der Waals surface area contributed by atoms with E-state index in [2.05, 4.69) is 20.9 Å². The minimum Gasteiger partial charge on any atom is -0.391 e. The van der Waals surface area contributed by atoms with Gasteiger partial charge in [-0.15, -0.1) is 0 Å². The number of rotatable bonds is 5. The number of hydrogen-bond donors (Lipinski definition) is 4. The molecular weight excluding hydrogens is 382 g/mol. The van der Waals surface area contributed by atoms with Crippen molar-refractivity contribution >= 4 is 23.6 Å². The Kier molecular flexibility index (Phi) is 6.26. The zero-order valence-corrected chi connectivity index (χ0v) is 17.2. The van der Waals surface area contributed by atoms with Gasteiger partial charge in [-0.1, -0.05) is 24.3 Å². The third kappa shape index (κ3) is 4.45. The number of carbonyl (C=O) groups excluding carboxylic acids is 2. The number of nitrogens with one attached hydrogen (secondary N) is 3. The van der Waals surface area contributed by atoms with E-state index in [1.165, 1.54) is 10.5 Å². The van der Waals surface area contributed by atoms with Crippen LogP contribution in [0.1, 0.15) is 30.9 Å². The van der Waals surface area contributed by atoms with Crippen LogP contribution in [0, 0.1) is 0 Å². The lowest BCUT2D eigenvalue weighted by molar-refractivity contribution is -0.140. The molecule has 0 aliphatic carbocycles. The molecule has 30 heavy (non-hydrogen) atoms. The molecule has 2 amide bonds. The molecule has 8 nitrogen and oxygen atoms in total. The molecule has 4 N–H and O–H groups in total. The number of nitrogens with zero attached hydrogens (tertiary/aromatic N) is 2. The summed E-state index contributed by atoms with van der Waals surface area (Å²) in [5, 5.41) is 19.4. The molecule has 0 radical (unpaired) electrons. The van der Waals surface area contributed by atoms with Crippen molar-refractivity contribution in [3.05, 3.63) is 41.1 Å². The van der Waals surface area contributed by atoms with E-state index in [4.69, 9.17) is 0 Å². The zero-order chi connectivity index (χ0) is 21.1. The summed E-state index contributed by atoms with van der Waals surface area (Å²) >= 11 is 0. The molecule has 1 aromatic rings. The molecular formula is C22H29N5O3. The Morgan fingerprint density at radius 3 is 2.73 bits per heavy atom. The third-order valence-electron chi connectivity index (χ3n) is 5.99. The van der Waals surface area contributed by atoms with E-state index in [-0.39, 0.29) is 30.8 Å². The van der Waals surface area contributed by atoms with Crippen LogP contribution in [0.3, 0.4) is 0 Å². The zero-order valence-electron chi connectivity index (χ0n) is 17.2. The molecule has 3 atom stereocenters. The highest BCUT2D eigenvalue weighted by Gasteiger charge is 2.41. The molecule has 1 aromatic carbocycles. The molecule has 3 heterocycles. The molecule has 160 valence electrons. The van der Waals surface area contributed by atoms with E-state index in [0.717, 1.165) is 29.8 Å². The van der Waals surface area contributed by atoms with Crippen LogP contribution in [0.15, 0.2) is 35.0 Å². The first-order chi connectivity index (χ1) is 14.5. The number of piperazine rings is 1. The molecule has 4 rings (SSSR count). The molecule has 0 aromatic heterocycles. The Hall–Kier alpha value is -2.55. The summed E-state index contributed by atoms with van der Waals surface area (Å²) in [5.41, 5.74) is 4.40. The number of β-amino-alcohol motifs (C(OH)–C–C–N with tert-alkyl or cyclic N) is 1. The van der Waals surface area contributed by atoms with E-state index in [1.54, 1.807) is 0 Å². The third-order valence-corrected chi connectivity index (χ3v) is 5.99. The Labute approximate surface area is 176 Å². The van der Waals surface area contributed by atoms with Crippen molar-refractivity contribution in [3.63, 3.8) is 0 Å². The van der Waals surface area contributed by atoms with Gasteiger partial charge in [-0.3, -0.25) is 14.6 Å². The van der Waals surface area contributed by atoms with Crippen molar-refractivity contribution in [1.82, 2.24) is 20.9 Å². The van der Waals surface area contributed by atoms with Gasteiger partial charge in [0.05, 0.1) is 12.1 Å². The highest BCUT2D eigenvalue weighted by Crippen LogP contribution is 2.26. The second-order valence-corrected chi connectivity index (χ2v) is 8.10. The van der Waals surface area contributed by atoms with Crippen LogP contribution < -0.4 is 16.0 Å². The van der Waals surface area contributed by atoms with Crippen molar-refractivity contribution in [2.24, 2.45) is 4.99 Å². The van der Waals surface area contributed by atoms with Crippen LogP contribution in [-0.2, 0) is 16.1 Å². The molecule has 0 spiro atoms. The number of carbonyl (C=O) groups is 2. The summed E-state index contributed by atoms with van der Waals surface area (Å²) in [6, 6.07) is 7.09. The molecule has 0 bridgehead atoms. The number of amides is 2. The van der Waals surface area contributed by atoms with Crippen molar-refractivity contribution in [1.29, 1.82) is 0 Å². The average molecular weight is 412 g/mol. The normalized spacial score (nSPS) is 26.3. The topological polar surface area (TPSA) is 106 Å². The molecule has 8 heteroatoms. The predicted molar refractivity (Wildman–Crippen MR) is 115 cm³/mol. The van der Waals surface area contributed by atoms with Crippen LogP contribution in [0.2, 0.25) is 0 Å². The number of aliphatic hydroxyl groups is 1. The van der Waals surface area contributed by atoms with Gasteiger partial charge in [0.15, 0.2) is 0 Å². The van der Waals surface area contributed by atoms with Crippen molar-refractivity contribution in [2.75, 3.05) is 26.2 Å². The number of aliphatic hydroxyl groups excluding tert-OH is 1. The lowest BCUT2D eigenvalue weighted by Crippen LogP contribution is -2.58. The van der Waals surface area contributed by atoms with Crippen LogP contribution in [0.5, 0.6) is 0 Å². The largest absolute Gasteiger partial charge is 0.391 e. The predicted octanol–water partition coefficient (Wildman–Crippen LogP) is 0.0315. The van der Waals surface area contributed by atoms with E-state index in [9.17, 15) is 14.7 Å². The van der Waals surface area contributed by atoms with Crippen LogP contribution in [-0.4, -0.2) is 72.4 Å². The van der Waals surface area contributed by atoms with Gasteiger partial charge in [-0.05, 0) is 23.6 Å². The minimum absolute atomic E-state index is 0.134. The Morgan fingerprint density at radius 1 is 1.27 bits per heavy atom. The van der Waals surface area contributed by atoms with E-state index in [0.29, 0.717) is 19.6 Å². The smallest absolute Gasteiger partial charge is 0.243 e. The van der Waals surface area contributed by atoms with E-state index in [1.807, 2.05) is 37.4 Å². The fraction of sp³-hybridized carbons (Fsp3) is 0.500. The fourth-order valence-electron chi connectivity index (χ4n) is 4.29. The summed E-state index contributed by atoms with van der Waals surface area (Å²) in [7, 11) is 0. The Bertz CT molecular complexity index is 858. The maximum Gasteiger partial charge on any atom is 0.243 e. The highest BCUT2D eigenvalue weighted by molar-refractivity contribution is 5.91. The Morgan fingerprint density at radius 2 is 2.07 bits per heavy atom. The minimum atomic E-state index is -0.675. The second kappa shape index (κ2) is 9.07. The monoisotopic (exact) mass is 411 g/mol. The van der Waals surface area contributed by atoms with Crippen LogP contribution in [0.25, 0.3) is 5.57 Å². The van der Waals surface area contributed by atoms with Crippen molar-refractivity contribution in [2.45, 2.75) is 44.5 Å². The number of allylic oxidation sites excluding steroid dienone is 2. The number of benzene rings is 1. The fourth-order valence-corrected chi connectivity index (χ4v) is 4.29. The van der Waals surface area contributed by atoms with Crippen LogP contribution >= 0.6 is 0 Å². The molecule has 2 fully saturated rings. The van der Waals surface area contributed by atoms with Crippen molar-refractivity contribution < 1.29 is 14.7 Å². The summed E-state index contributed by atoms with van der Waals surface area (Å²) in [4.78, 5) is 31.5. The SMILES string of the molecule is CC1=C(c2ccc(CNC(=O)[C@@H]3C[C@@H](O)CN3C(=O)[C@@H]3CNCCN3)cc2)CC=N1. The Balaban J connectivity index is 1.35. The van der Waals surface area contributed by atoms with Gasteiger partial charge in [0, 0.05) is 57.5 Å². The number of hydrogen-bond acceptors (Lipinski definition) is 6. The molecule has 0 saturated carbocycles. The van der Waals surface area contributed by atoms with Gasteiger partial charge in [0.1, 0.15) is 6.04 Å². The standard InChI is InChI=1S/C22H29N5O3/c1-14-18(6-7-24-14)16-4-2-15(3-5-16)11-26-21(29)20-10-17(28)13-27(20)22(30)19-12-23-8-9-25-19/h2-5,7,17,19-20,23,25,28H,6,8-13H2,1H3,(H,26,29)/t17-,19+,20+/m1/s1. The first-order valence-corrected chi connectivity index (χ1v) is 10.5. The first kappa shape index (κ1) is 20.7. The summed E-state index contributed by atoms with van der Waals surface area (Å²) in [5.74, 6) is -0.360. The number of likely N-dealkylation sites (tertiary alicyclic amines) is 1. The second-order valence-electron chi connectivity index (χ2n) is 8.10. The summed E-state index contributed by atoms with van der Waals surface area (Å²) in [6.07, 6.45) is 2.36. The summed E-state index contributed by atoms with van der Waals surface area (Å²) < 4.78 is 0. The molecule has 0 unspecified atom stereocenters. The van der Waals surface area contributed by atoms with Crippen molar-refractivity contribution in [3.8, 4) is 0 Å². The van der Waals surface area contributed by atoms with Gasteiger partial charge in [-0.2, -0.15) is 0 Å². The summed E-state index contributed by atoms with van der Waals surface area (Å²) in [6.45, 7) is 4.65. The average Bonchev–Trinajstić information content (AvgIpc) is 3.38. The van der Waals surface area contributed by atoms with Crippen LogP contribution in [0.4, 0.5) is 0 Å². The molecule has 2 saturated heterocycles.